The average molecular weight is 276 g/mol. The van der Waals surface area contributed by atoms with Crippen molar-refractivity contribution in [1.82, 2.24) is 0 Å². The number of rotatable bonds is 4. The first-order chi connectivity index (χ1) is 9.41. The Morgan fingerprint density at radius 2 is 2.00 bits per heavy atom. The maximum Gasteiger partial charge on any atom is 0.227 e. The number of nitrogens with one attached hydrogen (secondary N) is 1. The molecule has 1 aliphatic rings. The molecule has 0 radical (unpaired) electrons. The Bertz CT molecular complexity index is 491. The molecule has 0 saturated heterocycles. The zero-order chi connectivity index (χ0) is 14.8. The predicted molar refractivity (Wildman–Crippen MR) is 82.2 cm³/mol. The first kappa shape index (κ1) is 14.9. The smallest absolute Gasteiger partial charge is 0.227 e. The molecule has 0 spiro atoms. The number of nitrogens with zero attached hydrogens (tertiary/aromatic N) is 1. The summed E-state index contributed by atoms with van der Waals surface area (Å²) in [5.41, 5.74) is 2.16. The van der Waals surface area contributed by atoms with Crippen molar-refractivity contribution in [1.29, 1.82) is 0 Å². The van der Waals surface area contributed by atoms with E-state index in [4.69, 9.17) is 0 Å². The van der Waals surface area contributed by atoms with Crippen molar-refractivity contribution in [2.24, 2.45) is 0 Å². The van der Waals surface area contributed by atoms with E-state index >= 15 is 0 Å². The minimum atomic E-state index is -0.794. The van der Waals surface area contributed by atoms with Crippen LogP contribution in [0.1, 0.15) is 37.7 Å². The Morgan fingerprint density at radius 1 is 1.35 bits per heavy atom. The van der Waals surface area contributed by atoms with Crippen LogP contribution in [-0.2, 0) is 4.79 Å². The summed E-state index contributed by atoms with van der Waals surface area (Å²) in [6.07, 6.45) is 3.69. The van der Waals surface area contributed by atoms with Crippen LogP contribution in [-0.4, -0.2) is 30.7 Å². The van der Waals surface area contributed by atoms with Gasteiger partial charge in [0.1, 0.15) is 0 Å². The minimum absolute atomic E-state index is 0.103. The van der Waals surface area contributed by atoms with Gasteiger partial charge in [-0.15, -0.1) is 0 Å². The van der Waals surface area contributed by atoms with Gasteiger partial charge in [0.2, 0.25) is 5.91 Å². The normalized spacial score (nSPS) is 17.0. The fraction of sp³-hybridized carbons (Fsp3) is 0.562. The van der Waals surface area contributed by atoms with Crippen molar-refractivity contribution < 1.29 is 9.90 Å². The maximum atomic E-state index is 12.1. The molecule has 1 aromatic rings. The van der Waals surface area contributed by atoms with Gasteiger partial charge in [-0.05, 0) is 37.5 Å². The first-order valence-corrected chi connectivity index (χ1v) is 7.20. The van der Waals surface area contributed by atoms with Crippen LogP contribution in [0.3, 0.4) is 0 Å². The number of carbonyl (C=O) groups is 1. The van der Waals surface area contributed by atoms with Crippen LogP contribution in [0.15, 0.2) is 18.2 Å². The molecular weight excluding hydrogens is 252 g/mol. The fourth-order valence-electron chi connectivity index (χ4n) is 2.95. The summed E-state index contributed by atoms with van der Waals surface area (Å²) >= 11 is 0. The van der Waals surface area contributed by atoms with Crippen LogP contribution in [0.4, 0.5) is 11.4 Å². The summed E-state index contributed by atoms with van der Waals surface area (Å²) < 4.78 is 0. The number of benzene rings is 1. The Morgan fingerprint density at radius 3 is 2.60 bits per heavy atom. The number of hydrogen-bond donors (Lipinski definition) is 2. The molecule has 2 rings (SSSR count). The molecule has 20 heavy (non-hydrogen) atoms. The van der Waals surface area contributed by atoms with Crippen molar-refractivity contribution in [3.63, 3.8) is 0 Å². The minimum Gasteiger partial charge on any atom is -0.389 e. The van der Waals surface area contributed by atoms with E-state index in [1.54, 1.807) is 0 Å². The lowest BCUT2D eigenvalue weighted by Gasteiger charge is -2.22. The second-order valence-electron chi connectivity index (χ2n) is 6.00. The number of anilines is 2. The number of amides is 1. The summed E-state index contributed by atoms with van der Waals surface area (Å²) in [6, 6.07) is 5.86. The highest BCUT2D eigenvalue weighted by atomic mass is 16.3. The monoisotopic (exact) mass is 276 g/mol. The molecule has 1 aliphatic carbocycles. The molecule has 1 saturated carbocycles. The largest absolute Gasteiger partial charge is 0.389 e. The Hall–Kier alpha value is -1.55. The summed E-state index contributed by atoms with van der Waals surface area (Å²) in [6.45, 7) is 2.00. The molecule has 4 heteroatoms. The molecule has 0 aromatic heterocycles. The summed E-state index contributed by atoms with van der Waals surface area (Å²) in [4.78, 5) is 14.1. The lowest BCUT2D eigenvalue weighted by Crippen LogP contribution is -2.31. The van der Waals surface area contributed by atoms with Crippen LogP contribution in [0.25, 0.3) is 0 Å². The van der Waals surface area contributed by atoms with Gasteiger partial charge in [-0.3, -0.25) is 4.79 Å². The maximum absolute atomic E-state index is 12.1. The lowest BCUT2D eigenvalue weighted by molar-refractivity contribution is -0.120. The quantitative estimate of drug-likeness (QED) is 0.889. The number of hydrogen-bond acceptors (Lipinski definition) is 3. The molecule has 0 aliphatic heterocycles. The van der Waals surface area contributed by atoms with Gasteiger partial charge in [-0.25, -0.2) is 0 Å². The molecule has 0 unspecified atom stereocenters. The van der Waals surface area contributed by atoms with Gasteiger partial charge in [0.15, 0.2) is 0 Å². The Labute approximate surface area is 120 Å². The molecule has 110 valence electrons. The van der Waals surface area contributed by atoms with Gasteiger partial charge < -0.3 is 15.3 Å². The lowest BCUT2D eigenvalue weighted by atomic mass is 9.97. The van der Waals surface area contributed by atoms with Crippen LogP contribution in [0.5, 0.6) is 0 Å². The molecule has 2 N–H and O–H groups in total. The first-order valence-electron chi connectivity index (χ1n) is 7.20. The molecule has 0 heterocycles. The molecular formula is C16H24N2O2. The number of carbonyl (C=O) groups excluding carboxylic acids is 1. The van der Waals surface area contributed by atoms with Crippen LogP contribution < -0.4 is 10.2 Å². The number of aliphatic hydroxyl groups is 1. The van der Waals surface area contributed by atoms with Crippen LogP contribution >= 0.6 is 0 Å². The van der Waals surface area contributed by atoms with Gasteiger partial charge in [0.05, 0.1) is 12.0 Å². The van der Waals surface area contributed by atoms with E-state index in [-0.39, 0.29) is 12.3 Å². The van der Waals surface area contributed by atoms with Gasteiger partial charge in [-0.2, -0.15) is 0 Å². The van der Waals surface area contributed by atoms with E-state index < -0.39 is 5.60 Å². The van der Waals surface area contributed by atoms with E-state index in [0.29, 0.717) is 0 Å². The average Bonchev–Trinajstić information content (AvgIpc) is 2.77. The highest BCUT2D eigenvalue weighted by Crippen LogP contribution is 2.33. The molecule has 0 atom stereocenters. The standard InChI is InChI=1S/C16H24N2O2/c1-12-13(7-6-8-14(12)18(2)3)17-15(19)11-16(20)9-4-5-10-16/h6-8,20H,4-5,9-11H2,1-3H3,(H,17,19). The van der Waals surface area contributed by atoms with E-state index in [9.17, 15) is 9.90 Å². The highest BCUT2D eigenvalue weighted by molar-refractivity contribution is 5.93. The fourth-order valence-corrected chi connectivity index (χ4v) is 2.95. The van der Waals surface area contributed by atoms with Crippen LogP contribution in [0.2, 0.25) is 0 Å². The molecule has 1 fully saturated rings. The third-order valence-corrected chi connectivity index (χ3v) is 4.08. The zero-order valence-electron chi connectivity index (χ0n) is 12.6. The van der Waals surface area contributed by atoms with Gasteiger partial charge in [-0.1, -0.05) is 18.9 Å². The molecule has 4 nitrogen and oxygen atoms in total. The Kier molecular flexibility index (Phi) is 4.33. The van der Waals surface area contributed by atoms with Gasteiger partial charge in [0.25, 0.3) is 0 Å². The van der Waals surface area contributed by atoms with E-state index in [0.717, 1.165) is 42.6 Å². The zero-order valence-corrected chi connectivity index (χ0v) is 12.6. The van der Waals surface area contributed by atoms with Gasteiger partial charge >= 0.3 is 0 Å². The van der Waals surface area contributed by atoms with Crippen molar-refractivity contribution in [3.8, 4) is 0 Å². The van der Waals surface area contributed by atoms with Crippen molar-refractivity contribution in [3.05, 3.63) is 23.8 Å². The predicted octanol–water partition coefficient (Wildman–Crippen LogP) is 2.69. The SMILES string of the molecule is Cc1c(NC(=O)CC2(O)CCCC2)cccc1N(C)C. The third-order valence-electron chi connectivity index (χ3n) is 4.08. The topological polar surface area (TPSA) is 52.6 Å². The van der Waals surface area contributed by atoms with E-state index in [2.05, 4.69) is 5.32 Å². The van der Waals surface area contributed by atoms with Gasteiger partial charge in [0, 0.05) is 25.5 Å². The molecule has 1 aromatic carbocycles. The highest BCUT2D eigenvalue weighted by Gasteiger charge is 2.33. The van der Waals surface area contributed by atoms with E-state index in [1.165, 1.54) is 0 Å². The molecule has 1 amide bonds. The van der Waals surface area contributed by atoms with Crippen molar-refractivity contribution in [2.45, 2.75) is 44.6 Å². The molecule has 0 bridgehead atoms. The summed E-state index contributed by atoms with van der Waals surface area (Å²) in [5, 5.41) is 13.2. The third kappa shape index (κ3) is 3.31. The second-order valence-corrected chi connectivity index (χ2v) is 6.00. The second kappa shape index (κ2) is 5.83. The van der Waals surface area contributed by atoms with Crippen LogP contribution in [0, 0.1) is 6.92 Å². The summed E-state index contributed by atoms with van der Waals surface area (Å²) in [7, 11) is 3.96. The van der Waals surface area contributed by atoms with E-state index in [1.807, 2.05) is 44.1 Å². The summed E-state index contributed by atoms with van der Waals surface area (Å²) in [5.74, 6) is -0.103. The Balaban J connectivity index is 2.06. The van der Waals surface area contributed by atoms with Crippen molar-refractivity contribution >= 4 is 17.3 Å². The van der Waals surface area contributed by atoms with Crippen molar-refractivity contribution in [2.75, 3.05) is 24.3 Å².